The molecule has 0 atom stereocenters. The number of benzene rings is 2. The molecule has 0 amide bonds. The zero-order chi connectivity index (χ0) is 17.1. The Balaban J connectivity index is 1.86. The highest BCUT2D eigenvalue weighted by molar-refractivity contribution is 5.82. The Morgan fingerprint density at radius 1 is 1.17 bits per heavy atom. The number of hydrogen-bond acceptors (Lipinski definition) is 1. The number of nitrogens with zero attached hydrogens (tertiary/aromatic N) is 1. The third kappa shape index (κ3) is 3.57. The number of carbonyl (C=O) groups is 1. The summed E-state index contributed by atoms with van der Waals surface area (Å²) >= 11 is 0. The molecule has 0 radical (unpaired) electrons. The number of rotatable bonds is 5. The van der Waals surface area contributed by atoms with Gasteiger partial charge in [0.2, 0.25) is 0 Å². The van der Waals surface area contributed by atoms with E-state index in [-0.39, 0.29) is 0 Å². The van der Waals surface area contributed by atoms with Crippen molar-refractivity contribution in [3.05, 3.63) is 83.1 Å². The van der Waals surface area contributed by atoms with Crippen molar-refractivity contribution in [1.29, 1.82) is 0 Å². The highest BCUT2D eigenvalue weighted by Crippen LogP contribution is 2.21. The molecule has 3 nitrogen and oxygen atoms in total. The summed E-state index contributed by atoms with van der Waals surface area (Å²) in [6.07, 6.45) is 4.04. The molecule has 0 aliphatic heterocycles. The van der Waals surface area contributed by atoms with Crippen molar-refractivity contribution in [3.63, 3.8) is 0 Å². The summed E-state index contributed by atoms with van der Waals surface area (Å²) in [5.41, 5.74) is 5.79. The molecule has 0 aliphatic rings. The number of fused-ring (bicyclic) bond motifs is 1. The summed E-state index contributed by atoms with van der Waals surface area (Å²) < 4.78 is 2.25. The molecule has 0 fully saturated rings. The molecule has 0 saturated heterocycles. The second kappa shape index (κ2) is 6.75. The molecule has 3 heteroatoms. The minimum Gasteiger partial charge on any atom is -0.478 e. The van der Waals surface area contributed by atoms with Crippen LogP contribution in [0.1, 0.15) is 23.6 Å². The fourth-order valence-corrected chi connectivity index (χ4v) is 3.05. The van der Waals surface area contributed by atoms with Crippen molar-refractivity contribution >= 4 is 16.9 Å². The molecule has 3 rings (SSSR count). The van der Waals surface area contributed by atoms with Gasteiger partial charge in [0.1, 0.15) is 0 Å². The van der Waals surface area contributed by atoms with Crippen LogP contribution >= 0.6 is 0 Å². The normalized spacial score (nSPS) is 11.8. The molecule has 1 N–H and O–H groups in total. The number of carboxylic acids is 1. The van der Waals surface area contributed by atoms with Crippen molar-refractivity contribution in [2.24, 2.45) is 0 Å². The van der Waals surface area contributed by atoms with E-state index in [0.717, 1.165) is 17.7 Å². The van der Waals surface area contributed by atoms with Crippen LogP contribution in [0.2, 0.25) is 0 Å². The van der Waals surface area contributed by atoms with E-state index >= 15 is 0 Å². The van der Waals surface area contributed by atoms with Crippen LogP contribution in [0.4, 0.5) is 0 Å². The summed E-state index contributed by atoms with van der Waals surface area (Å²) in [5.74, 6) is -0.891. The second-order valence-electron chi connectivity index (χ2n) is 6.27. The first kappa shape index (κ1) is 16.1. The lowest BCUT2D eigenvalue weighted by Gasteiger charge is -2.09. The number of aromatic nitrogens is 1. The zero-order valence-corrected chi connectivity index (χ0v) is 14.0. The number of aryl methyl sites for hydroxylation is 1. The van der Waals surface area contributed by atoms with E-state index in [9.17, 15) is 4.79 Å². The molecule has 24 heavy (non-hydrogen) atoms. The quantitative estimate of drug-likeness (QED) is 0.700. The summed E-state index contributed by atoms with van der Waals surface area (Å²) in [6.45, 7) is 4.84. The lowest BCUT2D eigenvalue weighted by molar-refractivity contribution is -0.131. The fourth-order valence-electron chi connectivity index (χ4n) is 3.05. The third-order valence-electron chi connectivity index (χ3n) is 4.29. The molecule has 0 unspecified atom stereocenters. The number of allylic oxidation sites excluding steroid dienone is 1. The molecule has 0 spiro atoms. The highest BCUT2D eigenvalue weighted by Gasteiger charge is 2.05. The molecular weight excluding hydrogens is 298 g/mol. The first-order chi connectivity index (χ1) is 11.5. The predicted octanol–water partition coefficient (Wildman–Crippen LogP) is 4.57. The number of aliphatic carboxylic acids is 1. The standard InChI is InChI=1S/C21H21NO2/c1-15(12-21(23)24)11-17-7-8-20-18(13-17)9-10-22(20)14-19-6-4-3-5-16(19)2/h3-10,12-13H,11,14H2,1-2H3,(H,23,24). The Morgan fingerprint density at radius 2 is 1.96 bits per heavy atom. The molecule has 1 aromatic heterocycles. The Morgan fingerprint density at radius 3 is 2.71 bits per heavy atom. The second-order valence-corrected chi connectivity index (χ2v) is 6.27. The Labute approximate surface area is 141 Å². The fraction of sp³-hybridized carbons (Fsp3) is 0.190. The van der Waals surface area contributed by atoms with Gasteiger partial charge in [0.25, 0.3) is 0 Å². The van der Waals surface area contributed by atoms with Crippen molar-refractivity contribution in [1.82, 2.24) is 4.57 Å². The Kier molecular flexibility index (Phi) is 4.52. The largest absolute Gasteiger partial charge is 0.478 e. The molecule has 0 bridgehead atoms. The van der Waals surface area contributed by atoms with Crippen molar-refractivity contribution in [3.8, 4) is 0 Å². The van der Waals surface area contributed by atoms with Crippen LogP contribution in [-0.4, -0.2) is 15.6 Å². The van der Waals surface area contributed by atoms with Crippen LogP contribution in [-0.2, 0) is 17.8 Å². The van der Waals surface area contributed by atoms with Gasteiger partial charge in [0.05, 0.1) is 0 Å². The third-order valence-corrected chi connectivity index (χ3v) is 4.29. The number of hydrogen-bond donors (Lipinski definition) is 1. The van der Waals surface area contributed by atoms with Crippen LogP contribution in [0.25, 0.3) is 10.9 Å². The van der Waals surface area contributed by atoms with Gasteiger partial charge in [-0.05, 0) is 60.5 Å². The zero-order valence-electron chi connectivity index (χ0n) is 14.0. The predicted molar refractivity (Wildman–Crippen MR) is 97.3 cm³/mol. The van der Waals surface area contributed by atoms with Gasteiger partial charge in [0.15, 0.2) is 0 Å². The van der Waals surface area contributed by atoms with Gasteiger partial charge in [-0.15, -0.1) is 0 Å². The first-order valence-electron chi connectivity index (χ1n) is 8.05. The molecule has 1 heterocycles. The van der Waals surface area contributed by atoms with E-state index in [1.165, 1.54) is 28.1 Å². The van der Waals surface area contributed by atoms with Gasteiger partial charge in [-0.2, -0.15) is 0 Å². The minimum atomic E-state index is -0.891. The summed E-state index contributed by atoms with van der Waals surface area (Å²) in [4.78, 5) is 10.7. The molecule has 3 aromatic rings. The average Bonchev–Trinajstić information content (AvgIpc) is 2.91. The SMILES string of the molecule is CC(=CC(=O)O)Cc1ccc2c(ccn2Cc2ccccc2C)c1. The van der Waals surface area contributed by atoms with Crippen molar-refractivity contribution < 1.29 is 9.90 Å². The maximum absolute atomic E-state index is 10.7. The molecule has 0 saturated carbocycles. The lowest BCUT2D eigenvalue weighted by atomic mass is 10.0. The van der Waals surface area contributed by atoms with E-state index in [0.29, 0.717) is 6.42 Å². The van der Waals surface area contributed by atoms with Gasteiger partial charge in [-0.3, -0.25) is 0 Å². The molecular formula is C21H21NO2. The van der Waals surface area contributed by atoms with Crippen molar-refractivity contribution in [2.45, 2.75) is 26.8 Å². The van der Waals surface area contributed by atoms with Gasteiger partial charge >= 0.3 is 5.97 Å². The monoisotopic (exact) mass is 319 g/mol. The van der Waals surface area contributed by atoms with Gasteiger partial charge in [-0.25, -0.2) is 4.79 Å². The molecule has 0 aliphatic carbocycles. The smallest absolute Gasteiger partial charge is 0.328 e. The Hall–Kier alpha value is -2.81. The van der Waals surface area contributed by atoms with E-state index in [4.69, 9.17) is 5.11 Å². The van der Waals surface area contributed by atoms with E-state index in [2.05, 4.69) is 66.2 Å². The maximum atomic E-state index is 10.7. The summed E-state index contributed by atoms with van der Waals surface area (Å²) in [7, 11) is 0. The van der Waals surface area contributed by atoms with E-state index in [1.807, 2.05) is 6.92 Å². The highest BCUT2D eigenvalue weighted by atomic mass is 16.4. The van der Waals surface area contributed by atoms with E-state index < -0.39 is 5.97 Å². The van der Waals surface area contributed by atoms with Gasteiger partial charge < -0.3 is 9.67 Å². The summed E-state index contributed by atoms with van der Waals surface area (Å²) in [6, 6.07) is 16.9. The van der Waals surface area contributed by atoms with Crippen molar-refractivity contribution in [2.75, 3.05) is 0 Å². The molecule has 122 valence electrons. The van der Waals surface area contributed by atoms with Crippen LogP contribution in [0.15, 0.2) is 66.4 Å². The number of carboxylic acid groups (broad SMARTS) is 1. The van der Waals surface area contributed by atoms with Crippen LogP contribution < -0.4 is 0 Å². The van der Waals surface area contributed by atoms with Crippen LogP contribution in [0.5, 0.6) is 0 Å². The Bertz CT molecular complexity index is 918. The maximum Gasteiger partial charge on any atom is 0.328 e. The topological polar surface area (TPSA) is 42.2 Å². The van der Waals surface area contributed by atoms with Crippen LogP contribution in [0.3, 0.4) is 0 Å². The van der Waals surface area contributed by atoms with Gasteiger partial charge in [0, 0.05) is 24.3 Å². The first-order valence-corrected chi connectivity index (χ1v) is 8.05. The van der Waals surface area contributed by atoms with Gasteiger partial charge in [-0.1, -0.05) is 35.9 Å². The average molecular weight is 319 g/mol. The lowest BCUT2D eigenvalue weighted by Crippen LogP contribution is -2.00. The molecule has 2 aromatic carbocycles. The minimum absolute atomic E-state index is 0.658. The summed E-state index contributed by atoms with van der Waals surface area (Å²) in [5, 5.41) is 10.0. The van der Waals surface area contributed by atoms with E-state index in [1.54, 1.807) is 0 Å². The van der Waals surface area contributed by atoms with Crippen LogP contribution in [0, 0.1) is 6.92 Å².